The molecule has 1 aliphatic carbocycles. The quantitative estimate of drug-likeness (QED) is 0.713. The van der Waals surface area contributed by atoms with Crippen LogP contribution in [-0.2, 0) is 5.54 Å². The van der Waals surface area contributed by atoms with Crippen LogP contribution in [0.5, 0.6) is 0 Å². The van der Waals surface area contributed by atoms with Crippen molar-refractivity contribution >= 4 is 24.0 Å². The molecule has 0 saturated heterocycles. The van der Waals surface area contributed by atoms with Crippen LogP contribution in [0.1, 0.15) is 18.4 Å². The molecule has 0 bridgehead atoms. The first-order valence-electron chi connectivity index (χ1n) is 3.62. The predicted octanol–water partition coefficient (Wildman–Crippen LogP) is 2.10. The second kappa shape index (κ2) is 3.21. The van der Waals surface area contributed by atoms with Gasteiger partial charge in [-0.1, -0.05) is 17.7 Å². The number of hydrogen-bond donors (Lipinski definition) is 1. The lowest BCUT2D eigenvalue weighted by atomic mass is 10.1. The number of halogens is 2. The van der Waals surface area contributed by atoms with Crippen molar-refractivity contribution < 1.29 is 0 Å². The van der Waals surface area contributed by atoms with Gasteiger partial charge in [-0.2, -0.15) is 0 Å². The summed E-state index contributed by atoms with van der Waals surface area (Å²) in [6, 6.07) is 3.73. The highest BCUT2D eigenvalue weighted by molar-refractivity contribution is 6.29. The smallest absolute Gasteiger partial charge is 0.129 e. The Morgan fingerprint density at radius 3 is 2.50 bits per heavy atom. The summed E-state index contributed by atoms with van der Waals surface area (Å²) in [6.45, 7) is 0. The van der Waals surface area contributed by atoms with Crippen LogP contribution in [0, 0.1) is 0 Å². The van der Waals surface area contributed by atoms with E-state index in [2.05, 4.69) is 4.98 Å². The minimum atomic E-state index is -0.0857. The van der Waals surface area contributed by atoms with E-state index in [0.29, 0.717) is 5.15 Å². The van der Waals surface area contributed by atoms with Gasteiger partial charge in [0.15, 0.2) is 0 Å². The molecule has 1 aliphatic rings. The van der Waals surface area contributed by atoms with E-state index in [9.17, 15) is 0 Å². The second-order valence-corrected chi connectivity index (χ2v) is 3.41. The highest BCUT2D eigenvalue weighted by Crippen LogP contribution is 2.42. The van der Waals surface area contributed by atoms with E-state index in [1.54, 1.807) is 12.3 Å². The zero-order valence-electron chi connectivity index (χ0n) is 6.46. The molecule has 0 unspecified atom stereocenters. The third-order valence-electron chi connectivity index (χ3n) is 2.09. The fourth-order valence-corrected chi connectivity index (χ4v) is 1.21. The highest BCUT2D eigenvalue weighted by Gasteiger charge is 2.40. The highest BCUT2D eigenvalue weighted by atomic mass is 35.5. The van der Waals surface area contributed by atoms with Crippen molar-refractivity contribution in [3.05, 3.63) is 29.0 Å². The van der Waals surface area contributed by atoms with E-state index < -0.39 is 0 Å². The number of rotatable bonds is 1. The third-order valence-corrected chi connectivity index (χ3v) is 2.31. The molecular weight excluding hydrogens is 195 g/mol. The number of hydrogen-bond acceptors (Lipinski definition) is 2. The average molecular weight is 205 g/mol. The molecule has 4 heteroatoms. The van der Waals surface area contributed by atoms with Crippen LogP contribution in [0.15, 0.2) is 18.3 Å². The van der Waals surface area contributed by atoms with Crippen molar-refractivity contribution in [3.63, 3.8) is 0 Å². The first-order valence-corrected chi connectivity index (χ1v) is 3.99. The summed E-state index contributed by atoms with van der Waals surface area (Å²) >= 11 is 5.63. The van der Waals surface area contributed by atoms with Gasteiger partial charge in [-0.3, -0.25) is 0 Å². The maximum atomic E-state index is 5.93. The molecule has 0 aliphatic heterocycles. The standard InChI is InChI=1S/C8H9ClN2.ClH/c9-7-2-1-6(5-11-7)8(10)3-4-8;/h1-2,5H,3-4,10H2;1H. The molecule has 1 aromatic heterocycles. The molecule has 1 fully saturated rings. The van der Waals surface area contributed by atoms with E-state index in [0.717, 1.165) is 18.4 Å². The van der Waals surface area contributed by atoms with Crippen LogP contribution in [0.25, 0.3) is 0 Å². The topological polar surface area (TPSA) is 38.9 Å². The van der Waals surface area contributed by atoms with Crippen LogP contribution < -0.4 is 5.73 Å². The third kappa shape index (κ3) is 1.71. The molecule has 0 atom stereocenters. The Morgan fingerprint density at radius 1 is 1.42 bits per heavy atom. The molecule has 0 amide bonds. The minimum Gasteiger partial charge on any atom is -0.321 e. The van der Waals surface area contributed by atoms with Gasteiger partial charge in [-0.25, -0.2) is 4.98 Å². The Balaban J connectivity index is 0.000000720. The molecule has 0 spiro atoms. The first-order chi connectivity index (χ1) is 5.21. The van der Waals surface area contributed by atoms with Gasteiger partial charge in [0.2, 0.25) is 0 Å². The summed E-state index contributed by atoms with van der Waals surface area (Å²) in [7, 11) is 0. The van der Waals surface area contributed by atoms with E-state index in [1.807, 2.05) is 6.07 Å². The molecular formula is C8H10Cl2N2. The second-order valence-electron chi connectivity index (χ2n) is 3.03. The number of nitrogens with two attached hydrogens (primary N) is 1. The summed E-state index contributed by atoms with van der Waals surface area (Å²) in [5.74, 6) is 0. The Bertz CT molecular complexity index is 267. The molecule has 12 heavy (non-hydrogen) atoms. The van der Waals surface area contributed by atoms with Crippen molar-refractivity contribution in [1.29, 1.82) is 0 Å². The maximum Gasteiger partial charge on any atom is 0.129 e. The van der Waals surface area contributed by atoms with Crippen molar-refractivity contribution in [2.75, 3.05) is 0 Å². The Morgan fingerprint density at radius 2 is 2.08 bits per heavy atom. The van der Waals surface area contributed by atoms with Crippen LogP contribution >= 0.6 is 24.0 Å². The molecule has 2 nitrogen and oxygen atoms in total. The molecule has 1 aromatic rings. The van der Waals surface area contributed by atoms with E-state index in [-0.39, 0.29) is 17.9 Å². The van der Waals surface area contributed by atoms with Crippen LogP contribution in [0.3, 0.4) is 0 Å². The van der Waals surface area contributed by atoms with Crippen molar-refractivity contribution in [2.24, 2.45) is 5.73 Å². The lowest BCUT2D eigenvalue weighted by Crippen LogP contribution is -2.18. The number of nitrogens with zero attached hydrogens (tertiary/aromatic N) is 1. The first kappa shape index (κ1) is 9.78. The molecule has 0 radical (unpaired) electrons. The fraction of sp³-hybridized carbons (Fsp3) is 0.375. The van der Waals surface area contributed by atoms with Crippen molar-refractivity contribution in [2.45, 2.75) is 18.4 Å². The van der Waals surface area contributed by atoms with E-state index in [4.69, 9.17) is 17.3 Å². The Kier molecular flexibility index (Phi) is 2.61. The number of pyridine rings is 1. The monoisotopic (exact) mass is 204 g/mol. The molecule has 0 aromatic carbocycles. The SMILES string of the molecule is Cl.NC1(c2ccc(Cl)nc2)CC1. The molecule has 66 valence electrons. The lowest BCUT2D eigenvalue weighted by Gasteiger charge is -2.06. The number of aromatic nitrogens is 1. The summed E-state index contributed by atoms with van der Waals surface area (Å²) in [5.41, 5.74) is 6.95. The van der Waals surface area contributed by atoms with Gasteiger partial charge < -0.3 is 5.73 Å². The molecule has 2 N–H and O–H groups in total. The van der Waals surface area contributed by atoms with Crippen LogP contribution in [0.4, 0.5) is 0 Å². The van der Waals surface area contributed by atoms with E-state index >= 15 is 0 Å². The van der Waals surface area contributed by atoms with Crippen molar-refractivity contribution in [3.8, 4) is 0 Å². The van der Waals surface area contributed by atoms with Gasteiger partial charge in [0.25, 0.3) is 0 Å². The minimum absolute atomic E-state index is 0. The maximum absolute atomic E-state index is 5.93. The Hall–Kier alpha value is -0.310. The summed E-state index contributed by atoms with van der Waals surface area (Å²) in [5, 5.41) is 0.526. The zero-order chi connectivity index (χ0) is 7.90. The summed E-state index contributed by atoms with van der Waals surface area (Å²) in [6.07, 6.45) is 3.89. The largest absolute Gasteiger partial charge is 0.321 e. The zero-order valence-corrected chi connectivity index (χ0v) is 8.03. The van der Waals surface area contributed by atoms with Crippen molar-refractivity contribution in [1.82, 2.24) is 4.98 Å². The fourth-order valence-electron chi connectivity index (χ4n) is 1.09. The van der Waals surface area contributed by atoms with Gasteiger partial charge in [0.05, 0.1) is 0 Å². The van der Waals surface area contributed by atoms with Gasteiger partial charge in [-0.15, -0.1) is 12.4 Å². The van der Waals surface area contributed by atoms with Crippen LogP contribution in [0.2, 0.25) is 5.15 Å². The van der Waals surface area contributed by atoms with Gasteiger partial charge in [0.1, 0.15) is 5.15 Å². The lowest BCUT2D eigenvalue weighted by molar-refractivity contribution is 0.735. The summed E-state index contributed by atoms with van der Waals surface area (Å²) in [4.78, 5) is 3.97. The van der Waals surface area contributed by atoms with Gasteiger partial charge in [-0.05, 0) is 24.5 Å². The van der Waals surface area contributed by atoms with Crippen LogP contribution in [-0.4, -0.2) is 4.98 Å². The summed E-state index contributed by atoms with van der Waals surface area (Å²) < 4.78 is 0. The van der Waals surface area contributed by atoms with Gasteiger partial charge >= 0.3 is 0 Å². The molecule has 2 rings (SSSR count). The normalized spacial score (nSPS) is 18.2. The predicted molar refractivity (Wildman–Crippen MR) is 51.6 cm³/mol. The van der Waals surface area contributed by atoms with E-state index in [1.165, 1.54) is 0 Å². The van der Waals surface area contributed by atoms with Gasteiger partial charge in [0, 0.05) is 11.7 Å². The molecule has 1 heterocycles. The molecule has 1 saturated carbocycles. The Labute approximate surface area is 82.5 Å². The average Bonchev–Trinajstić information content (AvgIpc) is 2.70.